The number of aromatic carboxylic acids is 1. The molecule has 0 saturated heterocycles. The van der Waals surface area contributed by atoms with Crippen LogP contribution in [0.25, 0.3) is 0 Å². The first-order chi connectivity index (χ1) is 7.27. The molecule has 0 bridgehead atoms. The fraction of sp³-hybridized carbons (Fsp3) is 0.462. The van der Waals surface area contributed by atoms with Crippen LogP contribution >= 0.6 is 0 Å². The van der Waals surface area contributed by atoms with Crippen LogP contribution in [0.3, 0.4) is 0 Å². The summed E-state index contributed by atoms with van der Waals surface area (Å²) < 4.78 is 5.24. The van der Waals surface area contributed by atoms with Gasteiger partial charge in [-0.1, -0.05) is 26.8 Å². The Hall–Kier alpha value is -0.627. The van der Waals surface area contributed by atoms with Crippen LogP contribution in [-0.4, -0.2) is 18.2 Å². The van der Waals surface area contributed by atoms with Gasteiger partial charge in [0, 0.05) is 31.8 Å². The summed E-state index contributed by atoms with van der Waals surface area (Å²) in [5.74, 6) is -0.489. The molecule has 0 aromatic heterocycles. The Labute approximate surface area is 121 Å². The Morgan fingerprint density at radius 3 is 2.18 bits per heavy atom. The first-order valence-corrected chi connectivity index (χ1v) is 5.19. The second-order valence-corrected chi connectivity index (χ2v) is 4.95. The van der Waals surface area contributed by atoms with Crippen LogP contribution in [0.4, 0.5) is 0 Å². The second-order valence-electron chi connectivity index (χ2n) is 4.95. The summed E-state index contributed by atoms with van der Waals surface area (Å²) in [6.45, 7) is 8.00. The van der Waals surface area contributed by atoms with Crippen molar-refractivity contribution in [3.8, 4) is 5.75 Å². The van der Waals surface area contributed by atoms with Gasteiger partial charge in [0.15, 0.2) is 0 Å². The third-order valence-electron chi connectivity index (χ3n) is 2.48. The van der Waals surface area contributed by atoms with E-state index in [-0.39, 0.29) is 37.2 Å². The molecule has 1 aromatic rings. The number of aryl methyl sites for hydroxylation is 1. The molecule has 0 saturated carbocycles. The van der Waals surface area contributed by atoms with Gasteiger partial charge in [0.05, 0.1) is 7.11 Å². The number of carbonyl (C=O) groups is 1. The molecular weight excluding hydrogens is 295 g/mol. The van der Waals surface area contributed by atoms with Crippen molar-refractivity contribution < 1.29 is 40.8 Å². The molecule has 4 heteroatoms. The third kappa shape index (κ3) is 3.67. The van der Waals surface area contributed by atoms with Gasteiger partial charge in [-0.25, -0.2) is 4.79 Å². The Balaban J connectivity index is 0.00000256. The average molecular weight is 314 g/mol. The zero-order chi connectivity index (χ0) is 12.5. The third-order valence-corrected chi connectivity index (χ3v) is 2.48. The molecule has 0 radical (unpaired) electrons. The molecule has 0 heterocycles. The van der Waals surface area contributed by atoms with Crippen molar-refractivity contribution in [1.29, 1.82) is 0 Å². The zero-order valence-electron chi connectivity index (χ0n) is 10.9. The minimum atomic E-state index is -0.953. The van der Waals surface area contributed by atoms with E-state index in [1.54, 1.807) is 6.07 Å². The van der Waals surface area contributed by atoms with Gasteiger partial charge in [0.1, 0.15) is 11.3 Å². The van der Waals surface area contributed by atoms with Gasteiger partial charge in [0.2, 0.25) is 0 Å². The first kappa shape index (κ1) is 16.4. The molecule has 1 N–H and O–H groups in total. The van der Waals surface area contributed by atoms with Crippen molar-refractivity contribution in [2.75, 3.05) is 7.11 Å². The maximum atomic E-state index is 11.1. The fourth-order valence-electron chi connectivity index (χ4n) is 1.71. The number of rotatable bonds is 2. The second kappa shape index (κ2) is 5.81. The monoisotopic (exact) mass is 312 g/mol. The summed E-state index contributed by atoms with van der Waals surface area (Å²) in [7, 11) is 1.51. The fourth-order valence-corrected chi connectivity index (χ4v) is 1.71. The summed E-state index contributed by atoms with van der Waals surface area (Å²) in [6.07, 6.45) is 0. The molecule has 0 aliphatic heterocycles. The number of methoxy groups -OCH3 is 1. The molecule has 3 nitrogen and oxygen atoms in total. The summed E-state index contributed by atoms with van der Waals surface area (Å²) in [5.41, 5.74) is 1.95. The van der Waals surface area contributed by atoms with Crippen molar-refractivity contribution in [3.05, 3.63) is 28.8 Å². The van der Waals surface area contributed by atoms with Crippen LogP contribution < -0.4 is 4.74 Å². The van der Waals surface area contributed by atoms with E-state index in [1.165, 1.54) is 7.11 Å². The van der Waals surface area contributed by atoms with Gasteiger partial charge >= 0.3 is 5.97 Å². The Bertz CT molecular complexity index is 419. The minimum absolute atomic E-state index is 0. The Morgan fingerprint density at radius 1 is 1.29 bits per heavy atom. The van der Waals surface area contributed by atoms with Crippen LogP contribution in [-0.2, 0) is 31.6 Å². The van der Waals surface area contributed by atoms with Crippen molar-refractivity contribution in [2.24, 2.45) is 0 Å². The number of ether oxygens (including phenoxy) is 1. The molecule has 0 aliphatic rings. The zero-order valence-corrected chi connectivity index (χ0v) is 13.4. The van der Waals surface area contributed by atoms with E-state index in [9.17, 15) is 4.79 Å². The quantitative estimate of drug-likeness (QED) is 0.913. The molecule has 0 spiro atoms. The van der Waals surface area contributed by atoms with E-state index in [4.69, 9.17) is 9.84 Å². The molecule has 0 amide bonds. The van der Waals surface area contributed by atoms with Crippen LogP contribution in [0.2, 0.25) is 0 Å². The molecule has 1 aromatic carbocycles. The summed E-state index contributed by atoms with van der Waals surface area (Å²) in [4.78, 5) is 11.1. The number of benzene rings is 1. The maximum absolute atomic E-state index is 11.1. The van der Waals surface area contributed by atoms with Crippen LogP contribution in [0.1, 0.15) is 42.3 Å². The molecular formula is C13H18O3Zr. The van der Waals surface area contributed by atoms with Crippen molar-refractivity contribution in [1.82, 2.24) is 0 Å². The number of hydrogen-bond acceptors (Lipinski definition) is 2. The predicted octanol–water partition coefficient (Wildman–Crippen LogP) is 3.00. The van der Waals surface area contributed by atoms with E-state index in [1.807, 2.05) is 33.8 Å². The van der Waals surface area contributed by atoms with Crippen LogP contribution in [0.5, 0.6) is 5.75 Å². The van der Waals surface area contributed by atoms with E-state index >= 15 is 0 Å². The van der Waals surface area contributed by atoms with Crippen LogP contribution in [0, 0.1) is 6.92 Å². The SMILES string of the molecule is COc1c(C(=O)O)cc(C)cc1C(C)(C)C.[Zr]. The summed E-state index contributed by atoms with van der Waals surface area (Å²) in [5, 5.41) is 9.13. The van der Waals surface area contributed by atoms with E-state index in [0.717, 1.165) is 11.1 Å². The van der Waals surface area contributed by atoms with Crippen molar-refractivity contribution in [2.45, 2.75) is 33.1 Å². The molecule has 0 fully saturated rings. The van der Waals surface area contributed by atoms with Gasteiger partial charge in [-0.3, -0.25) is 0 Å². The molecule has 0 atom stereocenters. The number of hydrogen-bond donors (Lipinski definition) is 1. The Morgan fingerprint density at radius 2 is 1.82 bits per heavy atom. The normalized spacial score (nSPS) is 10.6. The first-order valence-electron chi connectivity index (χ1n) is 5.19. The van der Waals surface area contributed by atoms with Gasteiger partial charge in [-0.05, 0) is 24.0 Å². The summed E-state index contributed by atoms with van der Waals surface area (Å²) >= 11 is 0. The van der Waals surface area contributed by atoms with Crippen LogP contribution in [0.15, 0.2) is 12.1 Å². The van der Waals surface area contributed by atoms with Gasteiger partial charge in [-0.15, -0.1) is 0 Å². The number of carboxylic acids is 1. The number of carboxylic acid groups (broad SMARTS) is 1. The van der Waals surface area contributed by atoms with Gasteiger partial charge in [0.25, 0.3) is 0 Å². The average Bonchev–Trinajstić information content (AvgIpc) is 2.14. The molecule has 1 rings (SSSR count). The van der Waals surface area contributed by atoms with Gasteiger partial charge < -0.3 is 9.84 Å². The van der Waals surface area contributed by atoms with E-state index in [0.29, 0.717) is 5.75 Å². The summed E-state index contributed by atoms with van der Waals surface area (Å²) in [6, 6.07) is 3.61. The maximum Gasteiger partial charge on any atom is 0.339 e. The molecule has 0 aliphatic carbocycles. The largest absolute Gasteiger partial charge is 0.496 e. The minimum Gasteiger partial charge on any atom is -0.496 e. The topological polar surface area (TPSA) is 46.5 Å². The van der Waals surface area contributed by atoms with Crippen molar-refractivity contribution in [3.63, 3.8) is 0 Å². The van der Waals surface area contributed by atoms with Gasteiger partial charge in [-0.2, -0.15) is 0 Å². The molecule has 0 unspecified atom stereocenters. The van der Waals surface area contributed by atoms with E-state index in [2.05, 4.69) is 0 Å². The van der Waals surface area contributed by atoms with Crippen molar-refractivity contribution >= 4 is 5.97 Å². The molecule has 92 valence electrons. The Kier molecular flexibility index (Phi) is 5.60. The molecule has 17 heavy (non-hydrogen) atoms. The smallest absolute Gasteiger partial charge is 0.339 e. The van der Waals surface area contributed by atoms with E-state index < -0.39 is 5.97 Å². The predicted molar refractivity (Wildman–Crippen MR) is 63.4 cm³/mol. The standard InChI is InChI=1S/C13H18O3.Zr/c1-8-6-9(12(14)15)11(16-5)10(7-8)13(2,3)4;/h6-7H,1-5H3,(H,14,15);.